The Hall–Kier alpha value is -1.38. The highest BCUT2D eigenvalue weighted by Crippen LogP contribution is 2.36. The molecule has 0 heterocycles. The number of aryl methyl sites for hydroxylation is 1. The number of nitrogens with one attached hydrogen (secondary N) is 1. The maximum absolute atomic E-state index is 13.6. The quantitative estimate of drug-likeness (QED) is 0.834. The number of carbonyl (C=O) groups excluding carboxylic acids is 1. The van der Waals surface area contributed by atoms with Crippen LogP contribution < -0.4 is 5.32 Å². The molecule has 1 saturated carbocycles. The lowest BCUT2D eigenvalue weighted by atomic mass is 10.1. The predicted octanol–water partition coefficient (Wildman–Crippen LogP) is 2.52. The molecule has 2 atom stereocenters. The fourth-order valence-electron chi connectivity index (χ4n) is 1.83. The SMILES string of the molecule is Cc1cccc(C(=O)NCC2CC2C)c1F. The molecule has 2 nitrogen and oxygen atoms in total. The van der Waals surface area contributed by atoms with Gasteiger partial charge in [-0.2, -0.15) is 0 Å². The average Bonchev–Trinajstić information content (AvgIpc) is 2.95. The van der Waals surface area contributed by atoms with E-state index >= 15 is 0 Å². The minimum absolute atomic E-state index is 0.147. The highest BCUT2D eigenvalue weighted by molar-refractivity contribution is 5.94. The molecule has 0 saturated heterocycles. The van der Waals surface area contributed by atoms with Gasteiger partial charge in [0.05, 0.1) is 5.56 Å². The molecule has 0 aromatic heterocycles. The van der Waals surface area contributed by atoms with Gasteiger partial charge < -0.3 is 5.32 Å². The molecule has 2 unspecified atom stereocenters. The number of amides is 1. The summed E-state index contributed by atoms with van der Waals surface area (Å²) in [6.07, 6.45) is 1.16. The fraction of sp³-hybridized carbons (Fsp3) is 0.462. The van der Waals surface area contributed by atoms with E-state index in [9.17, 15) is 9.18 Å². The molecular formula is C13H16FNO. The molecule has 1 aliphatic carbocycles. The molecule has 1 aromatic carbocycles. The largest absolute Gasteiger partial charge is 0.352 e. The molecule has 0 aliphatic heterocycles. The summed E-state index contributed by atoms with van der Waals surface area (Å²) in [5, 5.41) is 2.78. The number of rotatable bonds is 3. The van der Waals surface area contributed by atoms with Gasteiger partial charge in [-0.05, 0) is 36.8 Å². The van der Waals surface area contributed by atoms with E-state index in [2.05, 4.69) is 12.2 Å². The summed E-state index contributed by atoms with van der Waals surface area (Å²) >= 11 is 0. The third kappa shape index (κ3) is 2.23. The van der Waals surface area contributed by atoms with Gasteiger partial charge in [0, 0.05) is 6.54 Å². The first kappa shape index (κ1) is 11.1. The van der Waals surface area contributed by atoms with Crippen LogP contribution in [0.2, 0.25) is 0 Å². The van der Waals surface area contributed by atoms with Crippen molar-refractivity contribution in [3.05, 3.63) is 35.1 Å². The van der Waals surface area contributed by atoms with E-state index < -0.39 is 5.82 Å². The van der Waals surface area contributed by atoms with Gasteiger partial charge >= 0.3 is 0 Å². The normalized spacial score (nSPS) is 22.9. The third-order valence-corrected chi connectivity index (χ3v) is 3.24. The van der Waals surface area contributed by atoms with Crippen molar-refractivity contribution in [1.82, 2.24) is 5.32 Å². The average molecular weight is 221 g/mol. The second-order valence-electron chi connectivity index (χ2n) is 4.62. The summed E-state index contributed by atoms with van der Waals surface area (Å²) in [4.78, 5) is 11.7. The number of carbonyl (C=O) groups is 1. The summed E-state index contributed by atoms with van der Waals surface area (Å²) in [5.74, 6) is 0.559. The highest BCUT2D eigenvalue weighted by Gasteiger charge is 2.32. The molecule has 86 valence electrons. The Kier molecular flexibility index (Phi) is 2.95. The molecule has 2 rings (SSSR count). The molecule has 1 aromatic rings. The first-order valence-electron chi connectivity index (χ1n) is 5.63. The minimum Gasteiger partial charge on any atom is -0.352 e. The van der Waals surface area contributed by atoms with Crippen LogP contribution in [0.1, 0.15) is 29.3 Å². The third-order valence-electron chi connectivity index (χ3n) is 3.24. The highest BCUT2D eigenvalue weighted by atomic mass is 19.1. The van der Waals surface area contributed by atoms with Crippen LogP contribution in [0.3, 0.4) is 0 Å². The van der Waals surface area contributed by atoms with E-state index in [0.717, 1.165) is 6.42 Å². The molecule has 1 amide bonds. The van der Waals surface area contributed by atoms with Crippen LogP contribution in [0.5, 0.6) is 0 Å². The molecular weight excluding hydrogens is 205 g/mol. The Morgan fingerprint density at radius 3 is 2.88 bits per heavy atom. The van der Waals surface area contributed by atoms with E-state index in [-0.39, 0.29) is 11.5 Å². The summed E-state index contributed by atoms with van der Waals surface area (Å²) in [6.45, 7) is 4.48. The van der Waals surface area contributed by atoms with E-state index in [0.29, 0.717) is 23.9 Å². The minimum atomic E-state index is -0.413. The Morgan fingerprint density at radius 2 is 2.25 bits per heavy atom. The zero-order valence-corrected chi connectivity index (χ0v) is 9.59. The lowest BCUT2D eigenvalue weighted by Crippen LogP contribution is -2.26. The zero-order chi connectivity index (χ0) is 11.7. The maximum Gasteiger partial charge on any atom is 0.254 e. The smallest absolute Gasteiger partial charge is 0.254 e. The summed E-state index contributed by atoms with van der Waals surface area (Å²) in [6, 6.07) is 4.89. The molecule has 1 fully saturated rings. The lowest BCUT2D eigenvalue weighted by Gasteiger charge is -2.06. The van der Waals surface area contributed by atoms with Crippen LogP contribution in [0.4, 0.5) is 4.39 Å². The molecule has 0 spiro atoms. The molecule has 16 heavy (non-hydrogen) atoms. The molecule has 3 heteroatoms. The van der Waals surface area contributed by atoms with Crippen molar-refractivity contribution >= 4 is 5.91 Å². The standard InChI is InChI=1S/C13H16FNO/c1-8-4-3-5-11(12(8)14)13(16)15-7-10-6-9(10)2/h3-5,9-10H,6-7H2,1-2H3,(H,15,16). The van der Waals surface area contributed by atoms with Gasteiger partial charge in [0.15, 0.2) is 0 Å². The van der Waals surface area contributed by atoms with Crippen molar-refractivity contribution in [2.45, 2.75) is 20.3 Å². The Labute approximate surface area is 94.9 Å². The van der Waals surface area contributed by atoms with Gasteiger partial charge in [0.1, 0.15) is 5.82 Å². The molecule has 0 radical (unpaired) electrons. The number of benzene rings is 1. The van der Waals surface area contributed by atoms with Gasteiger partial charge in [-0.15, -0.1) is 0 Å². The summed E-state index contributed by atoms with van der Waals surface area (Å²) < 4.78 is 13.6. The number of hydrogen-bond acceptors (Lipinski definition) is 1. The van der Waals surface area contributed by atoms with E-state index in [1.54, 1.807) is 19.1 Å². The van der Waals surface area contributed by atoms with Gasteiger partial charge in [-0.25, -0.2) is 4.39 Å². The van der Waals surface area contributed by atoms with E-state index in [1.807, 2.05) is 0 Å². The lowest BCUT2D eigenvalue weighted by molar-refractivity contribution is 0.0947. The summed E-state index contributed by atoms with van der Waals surface area (Å²) in [7, 11) is 0. The first-order chi connectivity index (χ1) is 7.59. The summed E-state index contributed by atoms with van der Waals surface area (Å²) in [5.41, 5.74) is 0.653. The molecule has 1 aliphatic rings. The van der Waals surface area contributed by atoms with Crippen LogP contribution in [-0.4, -0.2) is 12.5 Å². The van der Waals surface area contributed by atoms with Gasteiger partial charge in [-0.3, -0.25) is 4.79 Å². The van der Waals surface area contributed by atoms with Crippen molar-refractivity contribution in [2.75, 3.05) is 6.54 Å². The van der Waals surface area contributed by atoms with Crippen molar-refractivity contribution in [3.63, 3.8) is 0 Å². The van der Waals surface area contributed by atoms with Crippen LogP contribution in [0.15, 0.2) is 18.2 Å². The van der Waals surface area contributed by atoms with Gasteiger partial charge in [-0.1, -0.05) is 19.1 Å². The predicted molar refractivity (Wildman–Crippen MR) is 60.7 cm³/mol. The Morgan fingerprint density at radius 1 is 1.56 bits per heavy atom. The Bertz CT molecular complexity index is 416. The van der Waals surface area contributed by atoms with Gasteiger partial charge in [0.2, 0.25) is 0 Å². The Balaban J connectivity index is 2.00. The number of hydrogen-bond donors (Lipinski definition) is 1. The van der Waals surface area contributed by atoms with Crippen LogP contribution in [0.25, 0.3) is 0 Å². The monoisotopic (exact) mass is 221 g/mol. The van der Waals surface area contributed by atoms with E-state index in [4.69, 9.17) is 0 Å². The van der Waals surface area contributed by atoms with Crippen molar-refractivity contribution in [3.8, 4) is 0 Å². The van der Waals surface area contributed by atoms with E-state index in [1.165, 1.54) is 6.07 Å². The van der Waals surface area contributed by atoms with Crippen LogP contribution >= 0.6 is 0 Å². The molecule has 1 N–H and O–H groups in total. The topological polar surface area (TPSA) is 29.1 Å². The van der Waals surface area contributed by atoms with Gasteiger partial charge in [0.25, 0.3) is 5.91 Å². The van der Waals surface area contributed by atoms with Crippen molar-refractivity contribution in [1.29, 1.82) is 0 Å². The van der Waals surface area contributed by atoms with Crippen LogP contribution in [0, 0.1) is 24.6 Å². The second-order valence-corrected chi connectivity index (χ2v) is 4.62. The second kappa shape index (κ2) is 4.24. The first-order valence-corrected chi connectivity index (χ1v) is 5.63. The molecule has 0 bridgehead atoms. The van der Waals surface area contributed by atoms with Crippen LogP contribution in [-0.2, 0) is 0 Å². The zero-order valence-electron chi connectivity index (χ0n) is 9.59. The fourth-order valence-corrected chi connectivity index (χ4v) is 1.83. The maximum atomic E-state index is 13.6. The number of halogens is 1. The van der Waals surface area contributed by atoms with Crippen molar-refractivity contribution < 1.29 is 9.18 Å². The van der Waals surface area contributed by atoms with Crippen molar-refractivity contribution in [2.24, 2.45) is 11.8 Å².